The highest BCUT2D eigenvalue weighted by molar-refractivity contribution is 6.10. The largest absolute Gasteiger partial charge is 0.431 e. The van der Waals surface area contributed by atoms with Crippen molar-refractivity contribution in [3.8, 4) is 0 Å². The molecule has 1 saturated carbocycles. The predicted molar refractivity (Wildman–Crippen MR) is 131 cm³/mol. The fraction of sp³-hybridized carbons (Fsp3) is 0.269. The highest BCUT2D eigenvalue weighted by Gasteiger charge is 2.34. The molecule has 2 aromatic carbocycles. The van der Waals surface area contributed by atoms with Gasteiger partial charge < -0.3 is 26.1 Å². The number of aliphatic hydroxyl groups is 1. The number of fused-ring (bicyclic) bond motifs is 1. The average molecular weight is 499 g/mol. The van der Waals surface area contributed by atoms with Gasteiger partial charge in [0.2, 0.25) is 0 Å². The number of halogens is 3. The molecule has 3 aromatic rings. The molecule has 1 aromatic heterocycles. The lowest BCUT2D eigenvalue weighted by atomic mass is 9.97. The molecule has 0 spiro atoms. The molecule has 1 unspecified atom stereocenters. The second kappa shape index (κ2) is 9.62. The summed E-state index contributed by atoms with van der Waals surface area (Å²) in [5.41, 5.74) is 4.36. The molecule has 1 aliphatic carbocycles. The third-order valence-corrected chi connectivity index (χ3v) is 6.07. The molecule has 188 valence electrons. The number of allylic oxidation sites excluding steroid dienone is 2. The van der Waals surface area contributed by atoms with Crippen LogP contribution in [0, 0.1) is 5.41 Å². The van der Waals surface area contributed by atoms with E-state index in [0.717, 1.165) is 12.8 Å². The highest BCUT2D eigenvalue weighted by atomic mass is 19.4. The van der Waals surface area contributed by atoms with Gasteiger partial charge in [-0.15, -0.1) is 0 Å². The molecular weight excluding hydrogens is 473 g/mol. The number of carbonyl (C=O) groups excluding carboxylic acids is 1. The summed E-state index contributed by atoms with van der Waals surface area (Å²) in [6.45, 7) is 1.60. The summed E-state index contributed by atoms with van der Waals surface area (Å²) in [6.07, 6.45) is -1.99. The summed E-state index contributed by atoms with van der Waals surface area (Å²) in [7, 11) is 0. The Hall–Kier alpha value is -3.92. The lowest BCUT2D eigenvalue weighted by Gasteiger charge is -2.17. The molecule has 7 nitrogen and oxygen atoms in total. The summed E-state index contributed by atoms with van der Waals surface area (Å²) in [5, 5.41) is 21.2. The molecule has 0 radical (unpaired) electrons. The van der Waals surface area contributed by atoms with Gasteiger partial charge in [0, 0.05) is 40.5 Å². The summed E-state index contributed by atoms with van der Waals surface area (Å²) < 4.78 is 40.9. The van der Waals surface area contributed by atoms with E-state index in [9.17, 15) is 27.9 Å². The molecule has 1 aliphatic rings. The van der Waals surface area contributed by atoms with Gasteiger partial charge in [-0.3, -0.25) is 9.59 Å². The fourth-order valence-corrected chi connectivity index (χ4v) is 4.01. The quantitative estimate of drug-likeness (QED) is 0.370. The maximum Gasteiger partial charge on any atom is 0.431 e. The zero-order valence-electron chi connectivity index (χ0n) is 19.4. The summed E-state index contributed by atoms with van der Waals surface area (Å²) in [6, 6.07) is 11.1. The van der Waals surface area contributed by atoms with Crippen LogP contribution in [-0.2, 0) is 6.54 Å². The van der Waals surface area contributed by atoms with E-state index < -0.39 is 29.1 Å². The molecule has 10 heteroatoms. The topological polar surface area (TPSA) is 121 Å². The minimum atomic E-state index is -4.83. The molecule has 1 amide bonds. The van der Waals surface area contributed by atoms with Crippen molar-refractivity contribution >= 4 is 28.5 Å². The van der Waals surface area contributed by atoms with Crippen LogP contribution in [0.3, 0.4) is 0 Å². The Morgan fingerprint density at radius 3 is 2.56 bits per heavy atom. The van der Waals surface area contributed by atoms with Crippen LogP contribution in [0.2, 0.25) is 0 Å². The van der Waals surface area contributed by atoms with Crippen LogP contribution >= 0.6 is 0 Å². The number of hydrogen-bond acceptors (Lipinski definition) is 5. The van der Waals surface area contributed by atoms with Crippen LogP contribution in [0.4, 0.5) is 13.2 Å². The van der Waals surface area contributed by atoms with Crippen LogP contribution in [0.15, 0.2) is 59.2 Å². The summed E-state index contributed by atoms with van der Waals surface area (Å²) >= 11 is 0. The predicted octanol–water partition coefficient (Wildman–Crippen LogP) is 3.88. The van der Waals surface area contributed by atoms with E-state index in [4.69, 9.17) is 11.1 Å². The first-order valence-corrected chi connectivity index (χ1v) is 11.3. The highest BCUT2D eigenvalue weighted by Crippen LogP contribution is 2.31. The van der Waals surface area contributed by atoms with Gasteiger partial charge in [-0.2, -0.15) is 13.2 Å². The zero-order chi connectivity index (χ0) is 26.2. The molecule has 1 heterocycles. The number of nitrogens with one attached hydrogen (secondary N) is 2. The van der Waals surface area contributed by atoms with Gasteiger partial charge in [-0.25, -0.2) is 0 Å². The number of pyridine rings is 1. The van der Waals surface area contributed by atoms with E-state index in [1.807, 2.05) is 0 Å². The van der Waals surface area contributed by atoms with E-state index in [-0.39, 0.29) is 34.8 Å². The smallest absolute Gasteiger partial charge is 0.394 e. The Kier molecular flexibility index (Phi) is 6.73. The Balaban J connectivity index is 1.77. The van der Waals surface area contributed by atoms with Gasteiger partial charge in [0.1, 0.15) is 5.70 Å². The lowest BCUT2D eigenvalue weighted by Crippen LogP contribution is -2.26. The molecule has 36 heavy (non-hydrogen) atoms. The van der Waals surface area contributed by atoms with Crippen molar-refractivity contribution in [1.29, 1.82) is 5.41 Å². The van der Waals surface area contributed by atoms with E-state index >= 15 is 0 Å². The Labute approximate surface area is 204 Å². The van der Waals surface area contributed by atoms with E-state index in [1.165, 1.54) is 35.9 Å². The normalized spacial score (nSPS) is 15.4. The molecular formula is C26H25F3N4O3. The summed E-state index contributed by atoms with van der Waals surface area (Å²) in [5.74, 6) is -0.185. The van der Waals surface area contributed by atoms with Crippen LogP contribution in [0.25, 0.3) is 16.3 Å². The number of aliphatic hydroxyl groups excluding tert-OH is 1. The van der Waals surface area contributed by atoms with E-state index in [2.05, 4.69) is 5.32 Å². The molecule has 0 saturated heterocycles. The molecule has 1 atom stereocenters. The van der Waals surface area contributed by atoms with Crippen molar-refractivity contribution in [2.75, 3.05) is 0 Å². The SMILES string of the molecule is CC(O)c1cn(Cc2cccc(C(=O)NC3CC3)c2)c(=O)c2ccc(/C(C=N)=C(/N)C(F)(F)F)cc12. The van der Waals surface area contributed by atoms with Crippen LogP contribution in [0.1, 0.15) is 52.9 Å². The van der Waals surface area contributed by atoms with E-state index in [1.54, 1.807) is 24.3 Å². The van der Waals surface area contributed by atoms with Crippen LogP contribution in [0.5, 0.6) is 0 Å². The van der Waals surface area contributed by atoms with Crippen molar-refractivity contribution < 1.29 is 23.1 Å². The maximum absolute atomic E-state index is 13.3. The average Bonchev–Trinajstić information content (AvgIpc) is 3.64. The Bertz CT molecular complexity index is 1440. The molecule has 1 fully saturated rings. The number of amides is 1. The van der Waals surface area contributed by atoms with E-state index in [0.29, 0.717) is 22.9 Å². The first-order valence-electron chi connectivity index (χ1n) is 11.3. The minimum absolute atomic E-state index is 0.000696. The molecule has 5 N–H and O–H groups in total. The fourth-order valence-electron chi connectivity index (χ4n) is 4.01. The van der Waals surface area contributed by atoms with Gasteiger partial charge in [0.05, 0.1) is 12.6 Å². The van der Waals surface area contributed by atoms with Gasteiger partial charge in [-0.1, -0.05) is 18.2 Å². The standard InChI is InChI=1S/C26H25F3N4O3/c1-14(34)22-13-33(12-15-3-2-4-17(9-15)24(35)32-18-6-7-18)25(36)19-8-5-16(10-20(19)22)21(11-30)23(31)26(27,28)29/h2-5,8-11,13-14,18,30,34H,6-7,12,31H2,1H3,(H,32,35)/b23-21+,30-11?. The summed E-state index contributed by atoms with van der Waals surface area (Å²) in [4.78, 5) is 25.7. The number of carbonyl (C=O) groups is 1. The minimum Gasteiger partial charge on any atom is -0.394 e. The molecule has 0 bridgehead atoms. The lowest BCUT2D eigenvalue weighted by molar-refractivity contribution is -0.0918. The third kappa shape index (κ3) is 5.18. The van der Waals surface area contributed by atoms with Gasteiger partial charge >= 0.3 is 6.18 Å². The Morgan fingerprint density at radius 2 is 1.94 bits per heavy atom. The number of rotatable bonds is 7. The monoisotopic (exact) mass is 498 g/mol. The van der Waals surface area contributed by atoms with Crippen molar-refractivity contribution in [3.63, 3.8) is 0 Å². The number of aromatic nitrogens is 1. The number of nitrogens with two attached hydrogens (primary N) is 1. The number of benzene rings is 2. The van der Waals surface area contributed by atoms with Gasteiger partial charge in [-0.05, 0) is 60.5 Å². The van der Waals surface area contributed by atoms with Gasteiger partial charge in [0.25, 0.3) is 11.5 Å². The number of hydrogen-bond donors (Lipinski definition) is 4. The van der Waals surface area contributed by atoms with Crippen molar-refractivity contribution in [1.82, 2.24) is 9.88 Å². The van der Waals surface area contributed by atoms with Crippen molar-refractivity contribution in [2.24, 2.45) is 5.73 Å². The maximum atomic E-state index is 13.3. The first kappa shape index (κ1) is 25.2. The first-order chi connectivity index (χ1) is 17.0. The van der Waals surface area contributed by atoms with Crippen LogP contribution in [-0.4, -0.2) is 34.0 Å². The van der Waals surface area contributed by atoms with Crippen molar-refractivity contribution in [3.05, 3.63) is 87.0 Å². The number of nitrogens with zero attached hydrogens (tertiary/aromatic N) is 1. The Morgan fingerprint density at radius 1 is 1.22 bits per heavy atom. The second-order valence-electron chi connectivity index (χ2n) is 8.87. The van der Waals surface area contributed by atoms with Crippen LogP contribution < -0.4 is 16.6 Å². The van der Waals surface area contributed by atoms with Crippen molar-refractivity contribution in [2.45, 2.75) is 44.6 Å². The third-order valence-electron chi connectivity index (χ3n) is 6.07. The van der Waals surface area contributed by atoms with Gasteiger partial charge in [0.15, 0.2) is 0 Å². The molecule has 4 rings (SSSR count). The number of alkyl halides is 3. The second-order valence-corrected chi connectivity index (χ2v) is 8.87. The zero-order valence-corrected chi connectivity index (χ0v) is 19.4. The molecule has 0 aliphatic heterocycles.